The van der Waals surface area contributed by atoms with Crippen molar-refractivity contribution >= 4 is 41.5 Å². The molecule has 11 nitrogen and oxygen atoms in total. The van der Waals surface area contributed by atoms with Crippen molar-refractivity contribution in [2.75, 3.05) is 0 Å². The molecule has 0 spiro atoms. The number of benzene rings is 2. The third-order valence-electron chi connectivity index (χ3n) is 6.70. The standard InChI is InChI=1S/C34H48N4O7S/c1-21(2)17-26(35-30(40)28(19-23(5)6)37-34(44)45-20-24-13-9-7-10-14-24)29(39)36-27(18-22(3)4)31(41)38-32(33(42)43)46-25-15-11-8-12-16-25/h7-16,21-23,26-28,32H,17-20H2,1-6H3,(H,35,40)(H,36,39)(H,37,44)(H,38,41)(H,42,43)/t26-,27-,28?,32?/m0/s1. The maximum absolute atomic E-state index is 13.6. The van der Waals surface area contributed by atoms with E-state index in [0.717, 1.165) is 17.3 Å². The van der Waals surface area contributed by atoms with Crippen molar-refractivity contribution in [2.45, 2.75) is 95.8 Å². The first-order valence-electron chi connectivity index (χ1n) is 15.6. The summed E-state index contributed by atoms with van der Waals surface area (Å²) in [5.74, 6) is -2.99. The number of alkyl carbamates (subject to hydrolysis) is 1. The zero-order valence-corrected chi connectivity index (χ0v) is 28.3. The minimum Gasteiger partial charge on any atom is -0.479 e. The molecule has 12 heteroatoms. The number of rotatable bonds is 18. The summed E-state index contributed by atoms with van der Waals surface area (Å²) in [6.45, 7) is 11.4. The average Bonchev–Trinajstić information content (AvgIpc) is 2.98. The largest absolute Gasteiger partial charge is 0.479 e. The van der Waals surface area contributed by atoms with E-state index >= 15 is 0 Å². The highest BCUT2D eigenvalue weighted by Crippen LogP contribution is 2.22. The van der Waals surface area contributed by atoms with Crippen LogP contribution in [-0.4, -0.2) is 58.4 Å². The van der Waals surface area contributed by atoms with Crippen LogP contribution in [0.2, 0.25) is 0 Å². The number of nitrogens with one attached hydrogen (secondary N) is 4. The minimum atomic E-state index is -1.28. The van der Waals surface area contributed by atoms with E-state index in [4.69, 9.17) is 4.74 Å². The monoisotopic (exact) mass is 656 g/mol. The molecule has 4 amide bonds. The predicted molar refractivity (Wildman–Crippen MR) is 178 cm³/mol. The van der Waals surface area contributed by atoms with E-state index in [2.05, 4.69) is 21.3 Å². The lowest BCUT2D eigenvalue weighted by atomic mass is 9.99. The number of carboxylic acid groups (broad SMARTS) is 1. The summed E-state index contributed by atoms with van der Waals surface area (Å²) in [6, 6.07) is 14.9. The van der Waals surface area contributed by atoms with Gasteiger partial charge in [0, 0.05) is 4.90 Å². The van der Waals surface area contributed by atoms with Gasteiger partial charge in [0.25, 0.3) is 0 Å². The summed E-state index contributed by atoms with van der Waals surface area (Å²) < 4.78 is 5.31. The van der Waals surface area contributed by atoms with Crippen molar-refractivity contribution < 1.29 is 33.8 Å². The van der Waals surface area contributed by atoms with Crippen LogP contribution in [0.25, 0.3) is 0 Å². The van der Waals surface area contributed by atoms with E-state index < -0.39 is 53.3 Å². The fraction of sp³-hybridized carbons (Fsp3) is 0.500. The molecule has 4 atom stereocenters. The zero-order chi connectivity index (χ0) is 34.2. The molecule has 2 aromatic rings. The number of amides is 4. The van der Waals surface area contributed by atoms with E-state index in [1.165, 1.54) is 0 Å². The van der Waals surface area contributed by atoms with Gasteiger partial charge in [0.15, 0.2) is 5.37 Å². The van der Waals surface area contributed by atoms with Crippen LogP contribution < -0.4 is 21.3 Å². The van der Waals surface area contributed by atoms with E-state index in [-0.39, 0.29) is 37.2 Å². The molecule has 2 rings (SSSR count). The summed E-state index contributed by atoms with van der Waals surface area (Å²) in [5.41, 5.74) is 0.796. The molecule has 2 unspecified atom stereocenters. The van der Waals surface area contributed by atoms with Crippen LogP contribution in [0, 0.1) is 17.8 Å². The Balaban J connectivity index is 2.15. The van der Waals surface area contributed by atoms with Gasteiger partial charge in [0.2, 0.25) is 17.7 Å². The van der Waals surface area contributed by atoms with Crippen LogP contribution >= 0.6 is 11.8 Å². The number of aliphatic carboxylic acids is 1. The Morgan fingerprint density at radius 1 is 0.630 bits per heavy atom. The van der Waals surface area contributed by atoms with Gasteiger partial charge in [-0.05, 0) is 54.7 Å². The molecule has 0 aliphatic rings. The molecular formula is C34H48N4O7S. The van der Waals surface area contributed by atoms with Gasteiger partial charge in [-0.2, -0.15) is 0 Å². The molecule has 0 heterocycles. The first-order valence-corrected chi connectivity index (χ1v) is 16.5. The molecule has 0 aliphatic carbocycles. The first kappa shape index (κ1) is 38.1. The van der Waals surface area contributed by atoms with Crippen molar-refractivity contribution in [3.8, 4) is 0 Å². The third kappa shape index (κ3) is 14.4. The highest BCUT2D eigenvalue weighted by Gasteiger charge is 2.32. The highest BCUT2D eigenvalue weighted by molar-refractivity contribution is 8.00. The lowest BCUT2D eigenvalue weighted by molar-refractivity contribution is -0.139. The Bertz CT molecular complexity index is 1270. The van der Waals surface area contributed by atoms with Gasteiger partial charge in [-0.3, -0.25) is 14.4 Å². The fourth-order valence-electron chi connectivity index (χ4n) is 4.57. The molecule has 5 N–H and O–H groups in total. The number of ether oxygens (including phenoxy) is 1. The summed E-state index contributed by atoms with van der Waals surface area (Å²) >= 11 is 0.972. The molecular weight excluding hydrogens is 608 g/mol. The Hall–Kier alpha value is -4.06. The van der Waals surface area contributed by atoms with Crippen molar-refractivity contribution in [3.63, 3.8) is 0 Å². The van der Waals surface area contributed by atoms with Crippen LogP contribution in [0.4, 0.5) is 4.79 Å². The third-order valence-corrected chi connectivity index (χ3v) is 7.80. The molecule has 46 heavy (non-hydrogen) atoms. The Kier molecular flexibility index (Phi) is 16.1. The lowest BCUT2D eigenvalue weighted by Crippen LogP contribution is -2.58. The topological polar surface area (TPSA) is 163 Å². The minimum absolute atomic E-state index is 0.000524. The average molecular weight is 657 g/mol. The number of carbonyl (C=O) groups is 5. The Morgan fingerprint density at radius 3 is 1.48 bits per heavy atom. The van der Waals surface area contributed by atoms with Crippen LogP contribution in [0.3, 0.4) is 0 Å². The summed E-state index contributed by atoms with van der Waals surface area (Å²) in [7, 11) is 0. The van der Waals surface area contributed by atoms with Crippen molar-refractivity contribution in [1.29, 1.82) is 0 Å². The zero-order valence-electron chi connectivity index (χ0n) is 27.4. The van der Waals surface area contributed by atoms with Gasteiger partial charge in [-0.25, -0.2) is 9.59 Å². The van der Waals surface area contributed by atoms with Gasteiger partial charge >= 0.3 is 12.1 Å². The second-order valence-electron chi connectivity index (χ2n) is 12.4. The van der Waals surface area contributed by atoms with Crippen LogP contribution in [-0.2, 0) is 30.5 Å². The van der Waals surface area contributed by atoms with E-state index in [0.29, 0.717) is 11.3 Å². The highest BCUT2D eigenvalue weighted by atomic mass is 32.2. The molecule has 0 radical (unpaired) electrons. The predicted octanol–water partition coefficient (Wildman–Crippen LogP) is 4.71. The number of carbonyl (C=O) groups excluding carboxylic acids is 4. The molecule has 2 aromatic carbocycles. The second-order valence-corrected chi connectivity index (χ2v) is 13.6. The van der Waals surface area contributed by atoms with E-state index in [1.54, 1.807) is 30.3 Å². The van der Waals surface area contributed by atoms with Gasteiger partial charge in [0.1, 0.15) is 24.7 Å². The van der Waals surface area contributed by atoms with Crippen molar-refractivity contribution in [2.24, 2.45) is 17.8 Å². The van der Waals surface area contributed by atoms with Crippen LogP contribution in [0.1, 0.15) is 66.4 Å². The number of hydrogen-bond donors (Lipinski definition) is 5. The molecule has 0 aliphatic heterocycles. The van der Waals surface area contributed by atoms with Gasteiger partial charge in [-0.15, -0.1) is 0 Å². The molecule has 0 saturated heterocycles. The van der Waals surface area contributed by atoms with Gasteiger partial charge < -0.3 is 31.1 Å². The lowest BCUT2D eigenvalue weighted by Gasteiger charge is -2.27. The smallest absolute Gasteiger partial charge is 0.408 e. The Labute approximate surface area is 276 Å². The molecule has 0 bridgehead atoms. The van der Waals surface area contributed by atoms with E-state index in [1.807, 2.05) is 71.9 Å². The quantitative estimate of drug-likeness (QED) is 0.114. The summed E-state index contributed by atoms with van der Waals surface area (Å²) in [6.07, 6.45) is 0.0513. The normalized spacial score (nSPS) is 13.8. The molecule has 0 aromatic heterocycles. The molecule has 252 valence electrons. The summed E-state index contributed by atoms with van der Waals surface area (Å²) in [4.78, 5) is 65.7. The van der Waals surface area contributed by atoms with Gasteiger partial charge in [-0.1, -0.05) is 102 Å². The molecule has 0 fully saturated rings. The van der Waals surface area contributed by atoms with Gasteiger partial charge in [0.05, 0.1) is 0 Å². The number of thioether (sulfide) groups is 1. The van der Waals surface area contributed by atoms with E-state index in [9.17, 15) is 29.1 Å². The molecule has 0 saturated carbocycles. The Morgan fingerprint density at radius 2 is 1.04 bits per heavy atom. The van der Waals surface area contributed by atoms with Crippen molar-refractivity contribution in [1.82, 2.24) is 21.3 Å². The first-order chi connectivity index (χ1) is 21.7. The van der Waals surface area contributed by atoms with Crippen molar-refractivity contribution in [3.05, 3.63) is 66.2 Å². The maximum atomic E-state index is 13.6. The maximum Gasteiger partial charge on any atom is 0.408 e. The van der Waals surface area contributed by atoms with Crippen LogP contribution in [0.5, 0.6) is 0 Å². The SMILES string of the molecule is CC(C)CC(NC(=O)OCc1ccccc1)C(=O)N[C@@H](CC(C)C)C(=O)N[C@@H](CC(C)C)C(=O)NC(Sc1ccccc1)C(=O)O. The second kappa shape index (κ2) is 19.5. The number of carboxylic acids is 1. The summed E-state index contributed by atoms with van der Waals surface area (Å²) in [5, 5.41) is 19.2. The van der Waals surface area contributed by atoms with Crippen LogP contribution in [0.15, 0.2) is 65.6 Å². The fourth-order valence-corrected chi connectivity index (χ4v) is 5.43. The number of hydrogen-bond acceptors (Lipinski definition) is 7.